The molecule has 22 heavy (non-hydrogen) atoms. The number of rotatable bonds is 2. The minimum absolute atomic E-state index is 0.462. The van der Waals surface area contributed by atoms with E-state index in [0.717, 1.165) is 11.1 Å². The van der Waals surface area contributed by atoms with Gasteiger partial charge in [-0.05, 0) is 55.3 Å². The summed E-state index contributed by atoms with van der Waals surface area (Å²) in [6.45, 7) is 3.64. The molecule has 2 aromatic rings. The number of amides is 2. The molecule has 0 aromatic heterocycles. The van der Waals surface area contributed by atoms with Crippen LogP contribution in [0.25, 0.3) is 0 Å². The Bertz CT molecular complexity index is 745. The number of halogens is 2. The fourth-order valence-electron chi connectivity index (χ4n) is 1.80. The molecule has 2 aromatic carbocycles. The van der Waals surface area contributed by atoms with Gasteiger partial charge in [0, 0.05) is 21.4 Å². The van der Waals surface area contributed by atoms with Crippen molar-refractivity contribution in [2.75, 3.05) is 10.6 Å². The maximum Gasteiger partial charge on any atom is 0.314 e. The fourth-order valence-corrected chi connectivity index (χ4v) is 2.21. The van der Waals surface area contributed by atoms with Crippen molar-refractivity contribution in [1.29, 1.82) is 0 Å². The topological polar surface area (TPSA) is 58.2 Å². The maximum atomic E-state index is 11.9. The first-order chi connectivity index (χ1) is 10.4. The second-order valence-corrected chi connectivity index (χ2v) is 5.68. The van der Waals surface area contributed by atoms with Crippen LogP contribution in [0.4, 0.5) is 11.4 Å². The van der Waals surface area contributed by atoms with Crippen molar-refractivity contribution in [1.82, 2.24) is 0 Å². The van der Waals surface area contributed by atoms with E-state index in [1.807, 2.05) is 6.92 Å². The second kappa shape index (κ2) is 6.81. The molecule has 6 heteroatoms. The van der Waals surface area contributed by atoms with E-state index in [1.54, 1.807) is 43.3 Å². The average Bonchev–Trinajstić information content (AvgIpc) is 2.45. The smallest absolute Gasteiger partial charge is 0.314 e. The lowest BCUT2D eigenvalue weighted by molar-refractivity contribution is -0.133. The highest BCUT2D eigenvalue weighted by molar-refractivity contribution is 6.44. The van der Waals surface area contributed by atoms with Crippen LogP contribution in [-0.4, -0.2) is 11.8 Å². The molecule has 0 heterocycles. The van der Waals surface area contributed by atoms with Gasteiger partial charge in [-0.15, -0.1) is 0 Å². The van der Waals surface area contributed by atoms with Gasteiger partial charge in [0.15, 0.2) is 0 Å². The molecule has 0 fully saturated rings. The van der Waals surface area contributed by atoms with E-state index in [2.05, 4.69) is 10.6 Å². The Kier molecular flexibility index (Phi) is 5.06. The van der Waals surface area contributed by atoms with E-state index in [-0.39, 0.29) is 0 Å². The third-order valence-corrected chi connectivity index (χ3v) is 3.71. The summed E-state index contributed by atoms with van der Waals surface area (Å²) in [6, 6.07) is 10.0. The zero-order valence-corrected chi connectivity index (χ0v) is 13.5. The van der Waals surface area contributed by atoms with E-state index in [1.165, 1.54) is 0 Å². The van der Waals surface area contributed by atoms with Crippen molar-refractivity contribution in [3.63, 3.8) is 0 Å². The molecule has 0 aliphatic heterocycles. The van der Waals surface area contributed by atoms with Gasteiger partial charge in [0.05, 0.1) is 0 Å². The first-order valence-electron chi connectivity index (χ1n) is 6.51. The molecule has 0 saturated carbocycles. The molecule has 0 aliphatic carbocycles. The summed E-state index contributed by atoms with van der Waals surface area (Å²) in [5.74, 6) is -1.53. The minimum atomic E-state index is -0.769. The van der Waals surface area contributed by atoms with Crippen LogP contribution in [0.3, 0.4) is 0 Å². The predicted molar refractivity (Wildman–Crippen MR) is 89.6 cm³/mol. The predicted octanol–water partition coefficient (Wildman–Crippen LogP) is 4.19. The highest BCUT2D eigenvalue weighted by Gasteiger charge is 2.15. The van der Waals surface area contributed by atoms with Crippen molar-refractivity contribution in [2.24, 2.45) is 0 Å². The second-order valence-electron chi connectivity index (χ2n) is 4.83. The van der Waals surface area contributed by atoms with Crippen LogP contribution >= 0.6 is 23.2 Å². The zero-order chi connectivity index (χ0) is 16.3. The molecule has 0 spiro atoms. The van der Waals surface area contributed by atoms with Crippen molar-refractivity contribution >= 4 is 46.4 Å². The molecule has 114 valence electrons. The van der Waals surface area contributed by atoms with E-state index < -0.39 is 11.8 Å². The summed E-state index contributed by atoms with van der Waals surface area (Å²) in [4.78, 5) is 23.8. The summed E-state index contributed by atoms with van der Waals surface area (Å²) in [7, 11) is 0. The largest absolute Gasteiger partial charge is 0.318 e. The molecule has 0 bridgehead atoms. The van der Waals surface area contributed by atoms with Gasteiger partial charge in [-0.25, -0.2) is 0 Å². The van der Waals surface area contributed by atoms with E-state index >= 15 is 0 Å². The van der Waals surface area contributed by atoms with Crippen LogP contribution in [0.5, 0.6) is 0 Å². The van der Waals surface area contributed by atoms with E-state index in [4.69, 9.17) is 23.2 Å². The molecule has 2 N–H and O–H groups in total. The van der Waals surface area contributed by atoms with Gasteiger partial charge in [-0.3, -0.25) is 9.59 Å². The molecular formula is C16H14Cl2N2O2. The number of aryl methyl sites for hydroxylation is 2. The van der Waals surface area contributed by atoms with Crippen LogP contribution in [0.2, 0.25) is 10.0 Å². The van der Waals surface area contributed by atoms with Gasteiger partial charge in [0.1, 0.15) is 0 Å². The number of anilines is 2. The third-order valence-electron chi connectivity index (χ3n) is 3.07. The summed E-state index contributed by atoms with van der Waals surface area (Å²) < 4.78 is 0. The molecule has 4 nitrogen and oxygen atoms in total. The van der Waals surface area contributed by atoms with Gasteiger partial charge in [0.25, 0.3) is 0 Å². The Morgan fingerprint density at radius 3 is 2.18 bits per heavy atom. The van der Waals surface area contributed by atoms with Gasteiger partial charge in [-0.1, -0.05) is 29.3 Å². The first kappa shape index (κ1) is 16.3. The molecule has 0 radical (unpaired) electrons. The number of hydrogen-bond donors (Lipinski definition) is 2. The van der Waals surface area contributed by atoms with Crippen LogP contribution in [0.1, 0.15) is 11.1 Å². The summed E-state index contributed by atoms with van der Waals surface area (Å²) in [5.41, 5.74) is 2.66. The number of hydrogen-bond acceptors (Lipinski definition) is 2. The number of carbonyl (C=O) groups excluding carboxylic acids is 2. The van der Waals surface area contributed by atoms with Crippen molar-refractivity contribution in [3.05, 3.63) is 57.6 Å². The van der Waals surface area contributed by atoms with Crippen molar-refractivity contribution in [3.8, 4) is 0 Å². The van der Waals surface area contributed by atoms with Crippen LogP contribution in [-0.2, 0) is 9.59 Å². The van der Waals surface area contributed by atoms with Crippen LogP contribution in [0, 0.1) is 13.8 Å². The lowest BCUT2D eigenvalue weighted by atomic mass is 10.2. The first-order valence-corrected chi connectivity index (χ1v) is 7.27. The summed E-state index contributed by atoms with van der Waals surface area (Å²) in [6.07, 6.45) is 0. The highest BCUT2D eigenvalue weighted by Crippen LogP contribution is 2.21. The third kappa shape index (κ3) is 4.00. The number of nitrogens with one attached hydrogen (secondary N) is 2. The van der Waals surface area contributed by atoms with Crippen LogP contribution < -0.4 is 10.6 Å². The Morgan fingerprint density at radius 2 is 1.55 bits per heavy atom. The normalized spacial score (nSPS) is 10.2. The molecular weight excluding hydrogens is 323 g/mol. The molecule has 2 amide bonds. The molecule has 0 saturated heterocycles. The minimum Gasteiger partial charge on any atom is -0.318 e. The maximum absolute atomic E-state index is 11.9. The summed E-state index contributed by atoms with van der Waals surface area (Å²) in [5, 5.41) is 6.12. The Hall–Kier alpha value is -2.04. The van der Waals surface area contributed by atoms with Crippen molar-refractivity contribution < 1.29 is 9.59 Å². The SMILES string of the molecule is Cc1ccc(NC(=O)C(=O)Nc2ccc(Cl)cc2C)cc1Cl. The summed E-state index contributed by atoms with van der Waals surface area (Å²) >= 11 is 11.8. The molecule has 2 rings (SSSR count). The molecule has 0 unspecified atom stereocenters. The van der Waals surface area contributed by atoms with Crippen molar-refractivity contribution in [2.45, 2.75) is 13.8 Å². The molecule has 0 aliphatic rings. The Labute approximate surface area is 138 Å². The lowest BCUT2D eigenvalue weighted by Crippen LogP contribution is -2.29. The number of benzene rings is 2. The van der Waals surface area contributed by atoms with Gasteiger partial charge in [-0.2, -0.15) is 0 Å². The Balaban J connectivity index is 2.05. The van der Waals surface area contributed by atoms with Gasteiger partial charge >= 0.3 is 11.8 Å². The van der Waals surface area contributed by atoms with E-state index in [0.29, 0.717) is 21.4 Å². The van der Waals surface area contributed by atoms with Gasteiger partial charge < -0.3 is 10.6 Å². The van der Waals surface area contributed by atoms with Crippen LogP contribution in [0.15, 0.2) is 36.4 Å². The fraction of sp³-hybridized carbons (Fsp3) is 0.125. The molecule has 0 atom stereocenters. The quantitative estimate of drug-likeness (QED) is 0.808. The number of carbonyl (C=O) groups is 2. The van der Waals surface area contributed by atoms with E-state index in [9.17, 15) is 9.59 Å². The lowest BCUT2D eigenvalue weighted by Gasteiger charge is -2.09. The monoisotopic (exact) mass is 336 g/mol. The Morgan fingerprint density at radius 1 is 0.864 bits per heavy atom. The highest BCUT2D eigenvalue weighted by atomic mass is 35.5. The zero-order valence-electron chi connectivity index (χ0n) is 12.0. The standard InChI is InChI=1S/C16H14Cl2N2O2/c1-9-3-5-12(8-13(9)18)19-15(21)16(22)20-14-6-4-11(17)7-10(14)2/h3-8H,1-2H3,(H,19,21)(H,20,22). The average molecular weight is 337 g/mol. The van der Waals surface area contributed by atoms with Gasteiger partial charge in [0.2, 0.25) is 0 Å².